The molecule has 0 fully saturated rings. The summed E-state index contributed by atoms with van der Waals surface area (Å²) in [4.78, 5) is 0. The van der Waals surface area contributed by atoms with Gasteiger partial charge < -0.3 is 15.5 Å². The standard InChI is InChI=1S/C5H12O2.C2H7N/c6-4-2-1-3-5-7;1-3-2/h6-7H,1-5H2;3H,1-2H3. The topological polar surface area (TPSA) is 52.5 Å². The van der Waals surface area contributed by atoms with Gasteiger partial charge in [0, 0.05) is 13.2 Å². The van der Waals surface area contributed by atoms with Crippen molar-refractivity contribution in [3.8, 4) is 0 Å². The van der Waals surface area contributed by atoms with Gasteiger partial charge >= 0.3 is 0 Å². The van der Waals surface area contributed by atoms with Gasteiger partial charge in [0.05, 0.1) is 0 Å². The van der Waals surface area contributed by atoms with Crippen LogP contribution in [0.1, 0.15) is 19.3 Å². The van der Waals surface area contributed by atoms with E-state index in [9.17, 15) is 0 Å². The van der Waals surface area contributed by atoms with E-state index in [0.29, 0.717) is 0 Å². The van der Waals surface area contributed by atoms with Crippen LogP contribution in [-0.2, 0) is 0 Å². The molecule has 0 bridgehead atoms. The first kappa shape index (κ1) is 12.5. The molecule has 3 N–H and O–H groups in total. The molecule has 64 valence electrons. The van der Waals surface area contributed by atoms with Gasteiger partial charge in [0.25, 0.3) is 0 Å². The largest absolute Gasteiger partial charge is 0.396 e. The number of rotatable bonds is 4. The lowest BCUT2D eigenvalue weighted by molar-refractivity contribution is 0.257. The second-order valence-corrected chi connectivity index (χ2v) is 2.01. The van der Waals surface area contributed by atoms with E-state index in [0.717, 1.165) is 19.3 Å². The maximum Gasteiger partial charge on any atom is 0.0431 e. The predicted octanol–water partition coefficient (Wildman–Crippen LogP) is -0.0231. The third-order valence-electron chi connectivity index (χ3n) is 0.816. The first-order valence-corrected chi connectivity index (χ1v) is 3.63. The molecule has 0 spiro atoms. The summed E-state index contributed by atoms with van der Waals surface area (Å²) in [7, 11) is 3.75. The van der Waals surface area contributed by atoms with Crippen molar-refractivity contribution >= 4 is 0 Å². The van der Waals surface area contributed by atoms with Gasteiger partial charge in [0.2, 0.25) is 0 Å². The Morgan fingerprint density at radius 3 is 1.40 bits per heavy atom. The molecule has 0 amide bonds. The van der Waals surface area contributed by atoms with E-state index < -0.39 is 0 Å². The maximum absolute atomic E-state index is 8.21. The van der Waals surface area contributed by atoms with E-state index in [1.54, 1.807) is 0 Å². The van der Waals surface area contributed by atoms with E-state index in [-0.39, 0.29) is 13.2 Å². The minimum atomic E-state index is 0.250. The van der Waals surface area contributed by atoms with Gasteiger partial charge in [-0.1, -0.05) is 0 Å². The molecule has 0 aromatic rings. The zero-order valence-electron chi connectivity index (χ0n) is 6.93. The molecule has 0 aliphatic rings. The van der Waals surface area contributed by atoms with Gasteiger partial charge in [-0.15, -0.1) is 0 Å². The summed E-state index contributed by atoms with van der Waals surface area (Å²) in [5, 5.41) is 19.2. The van der Waals surface area contributed by atoms with Crippen molar-refractivity contribution in [3.05, 3.63) is 0 Å². The summed E-state index contributed by atoms with van der Waals surface area (Å²) in [6, 6.07) is 0. The summed E-state index contributed by atoms with van der Waals surface area (Å²) < 4.78 is 0. The molecule has 3 heteroatoms. The maximum atomic E-state index is 8.21. The van der Waals surface area contributed by atoms with Crippen molar-refractivity contribution in [1.82, 2.24) is 5.32 Å². The van der Waals surface area contributed by atoms with Crippen molar-refractivity contribution < 1.29 is 10.2 Å². The minimum Gasteiger partial charge on any atom is -0.396 e. The van der Waals surface area contributed by atoms with E-state index in [1.807, 2.05) is 14.1 Å². The average Bonchev–Trinajstić information content (AvgIpc) is 1.91. The lowest BCUT2D eigenvalue weighted by Gasteiger charge is -1.90. The molecule has 0 aromatic carbocycles. The van der Waals surface area contributed by atoms with Gasteiger partial charge in [-0.25, -0.2) is 0 Å². The molecule has 3 nitrogen and oxygen atoms in total. The molecule has 0 aliphatic heterocycles. The number of aliphatic hydroxyl groups excluding tert-OH is 2. The van der Waals surface area contributed by atoms with Crippen molar-refractivity contribution in [2.45, 2.75) is 19.3 Å². The highest BCUT2D eigenvalue weighted by atomic mass is 16.3. The second kappa shape index (κ2) is 15.9. The van der Waals surface area contributed by atoms with Gasteiger partial charge in [-0.2, -0.15) is 0 Å². The Hall–Kier alpha value is -0.120. The molecule has 0 aliphatic carbocycles. The molecule has 0 saturated heterocycles. The van der Waals surface area contributed by atoms with E-state index in [2.05, 4.69) is 5.32 Å². The molecule has 0 radical (unpaired) electrons. The van der Waals surface area contributed by atoms with Crippen LogP contribution in [0, 0.1) is 0 Å². The van der Waals surface area contributed by atoms with Gasteiger partial charge in [-0.05, 0) is 33.4 Å². The van der Waals surface area contributed by atoms with E-state index >= 15 is 0 Å². The zero-order valence-corrected chi connectivity index (χ0v) is 6.93. The number of unbranched alkanes of at least 4 members (excludes halogenated alkanes) is 2. The Kier molecular flexibility index (Phi) is 20.0. The SMILES string of the molecule is CNC.OCCCCCO. The number of hydrogen-bond donors (Lipinski definition) is 3. The summed E-state index contributed by atoms with van der Waals surface area (Å²) in [6.45, 7) is 0.500. The van der Waals surface area contributed by atoms with Crippen LogP contribution >= 0.6 is 0 Å². The Morgan fingerprint density at radius 1 is 0.900 bits per heavy atom. The third-order valence-corrected chi connectivity index (χ3v) is 0.816. The molecule has 0 atom stereocenters. The summed E-state index contributed by atoms with van der Waals surface area (Å²) in [6.07, 6.45) is 2.58. The molecule has 0 heterocycles. The highest BCUT2D eigenvalue weighted by molar-refractivity contribution is 4.35. The highest BCUT2D eigenvalue weighted by Gasteiger charge is 1.81. The van der Waals surface area contributed by atoms with Crippen molar-refractivity contribution in [2.75, 3.05) is 27.3 Å². The molecule has 0 aromatic heterocycles. The molecular weight excluding hydrogens is 130 g/mol. The Balaban J connectivity index is 0. The molecule has 0 saturated carbocycles. The number of aliphatic hydroxyl groups is 2. The van der Waals surface area contributed by atoms with Gasteiger partial charge in [-0.3, -0.25) is 0 Å². The van der Waals surface area contributed by atoms with Crippen molar-refractivity contribution in [2.24, 2.45) is 0 Å². The van der Waals surface area contributed by atoms with Crippen LogP contribution in [0.25, 0.3) is 0 Å². The Morgan fingerprint density at radius 2 is 1.20 bits per heavy atom. The van der Waals surface area contributed by atoms with E-state index in [4.69, 9.17) is 10.2 Å². The molecule has 0 unspecified atom stereocenters. The molecule has 0 rings (SSSR count). The lowest BCUT2D eigenvalue weighted by Crippen LogP contribution is -1.89. The highest BCUT2D eigenvalue weighted by Crippen LogP contribution is 1.90. The lowest BCUT2D eigenvalue weighted by atomic mass is 10.2. The fourth-order valence-corrected chi connectivity index (χ4v) is 0.400. The van der Waals surface area contributed by atoms with Crippen LogP contribution in [0.3, 0.4) is 0 Å². The fourth-order valence-electron chi connectivity index (χ4n) is 0.400. The van der Waals surface area contributed by atoms with Gasteiger partial charge in [0.15, 0.2) is 0 Å². The summed E-state index contributed by atoms with van der Waals surface area (Å²) in [5.74, 6) is 0. The molecular formula is C7H19NO2. The summed E-state index contributed by atoms with van der Waals surface area (Å²) >= 11 is 0. The van der Waals surface area contributed by atoms with Crippen LogP contribution in [0.5, 0.6) is 0 Å². The van der Waals surface area contributed by atoms with Gasteiger partial charge in [0.1, 0.15) is 0 Å². The Labute approximate surface area is 63.1 Å². The average molecular weight is 149 g/mol. The summed E-state index contributed by atoms with van der Waals surface area (Å²) in [5.41, 5.74) is 0. The number of hydrogen-bond acceptors (Lipinski definition) is 3. The first-order valence-electron chi connectivity index (χ1n) is 3.63. The second-order valence-electron chi connectivity index (χ2n) is 2.01. The normalized spacial score (nSPS) is 8.40. The van der Waals surface area contributed by atoms with Crippen LogP contribution in [0.4, 0.5) is 0 Å². The Bertz CT molecular complexity index is 38.6. The first-order chi connectivity index (χ1) is 4.83. The van der Waals surface area contributed by atoms with Crippen molar-refractivity contribution in [1.29, 1.82) is 0 Å². The molecule has 10 heavy (non-hydrogen) atoms. The fraction of sp³-hybridized carbons (Fsp3) is 1.00. The minimum absolute atomic E-state index is 0.250. The van der Waals surface area contributed by atoms with Crippen LogP contribution in [0.15, 0.2) is 0 Å². The van der Waals surface area contributed by atoms with Crippen LogP contribution in [0.2, 0.25) is 0 Å². The quantitative estimate of drug-likeness (QED) is 0.492. The predicted molar refractivity (Wildman–Crippen MR) is 43.0 cm³/mol. The third kappa shape index (κ3) is 24.8. The zero-order chi connectivity index (χ0) is 8.24. The number of nitrogens with one attached hydrogen (secondary N) is 1. The van der Waals surface area contributed by atoms with Crippen LogP contribution < -0.4 is 5.32 Å². The van der Waals surface area contributed by atoms with E-state index in [1.165, 1.54) is 0 Å². The van der Waals surface area contributed by atoms with Crippen molar-refractivity contribution in [3.63, 3.8) is 0 Å². The smallest absolute Gasteiger partial charge is 0.0431 e. The monoisotopic (exact) mass is 149 g/mol. The van der Waals surface area contributed by atoms with Crippen LogP contribution in [-0.4, -0.2) is 37.5 Å².